The van der Waals surface area contributed by atoms with Crippen LogP contribution < -0.4 is 5.32 Å². The van der Waals surface area contributed by atoms with Crippen LogP contribution in [0.3, 0.4) is 0 Å². The monoisotopic (exact) mass is 283 g/mol. The number of rotatable bonds is 2. The normalized spacial score (nSPS) is 14.4. The van der Waals surface area contributed by atoms with Crippen molar-refractivity contribution < 1.29 is 14.7 Å². The molecular weight excluding hydrogens is 270 g/mol. The number of fused-ring (bicyclic) bond motifs is 1. The number of nitrogens with one attached hydrogen (secondary N) is 1. The molecule has 1 aromatic carbocycles. The summed E-state index contributed by atoms with van der Waals surface area (Å²) in [6.45, 7) is 1.57. The molecule has 0 bridgehead atoms. The number of phenolic OH excluding ortho intramolecular Hbond substituents is 1. The smallest absolute Gasteiger partial charge is 0.255 e. The molecule has 0 aliphatic carbocycles. The molecular formula is C15H13N3O3. The molecule has 1 aromatic heterocycles. The van der Waals surface area contributed by atoms with Crippen LogP contribution >= 0.6 is 0 Å². The fraction of sp³-hybridized carbons (Fsp3) is 0.133. The number of aromatic nitrogens is 1. The molecule has 0 atom stereocenters. The van der Waals surface area contributed by atoms with Gasteiger partial charge in [0.05, 0.1) is 6.54 Å². The first kappa shape index (κ1) is 13.1. The molecule has 2 N–H and O–H groups in total. The van der Waals surface area contributed by atoms with E-state index in [4.69, 9.17) is 0 Å². The molecule has 0 saturated heterocycles. The third kappa shape index (κ3) is 2.31. The van der Waals surface area contributed by atoms with Crippen molar-refractivity contribution >= 4 is 28.4 Å². The van der Waals surface area contributed by atoms with Gasteiger partial charge in [-0.15, -0.1) is 0 Å². The van der Waals surface area contributed by atoms with E-state index in [9.17, 15) is 14.7 Å². The van der Waals surface area contributed by atoms with Crippen LogP contribution in [0.4, 0.5) is 5.69 Å². The molecule has 1 aliphatic heterocycles. The summed E-state index contributed by atoms with van der Waals surface area (Å²) in [7, 11) is 0. The van der Waals surface area contributed by atoms with Crippen LogP contribution in [0.5, 0.6) is 5.75 Å². The average Bonchev–Trinajstić information content (AvgIpc) is 2.83. The molecule has 0 saturated carbocycles. The number of carbonyl (C=O) groups is 2. The van der Waals surface area contributed by atoms with Gasteiger partial charge in [-0.3, -0.25) is 19.5 Å². The van der Waals surface area contributed by atoms with Gasteiger partial charge in [-0.2, -0.15) is 0 Å². The first-order valence-electron chi connectivity index (χ1n) is 6.42. The van der Waals surface area contributed by atoms with E-state index in [0.29, 0.717) is 11.2 Å². The van der Waals surface area contributed by atoms with Gasteiger partial charge < -0.3 is 10.4 Å². The Morgan fingerprint density at radius 3 is 2.90 bits per heavy atom. The molecule has 106 valence electrons. The first-order valence-corrected chi connectivity index (χ1v) is 6.42. The maximum absolute atomic E-state index is 11.7. The van der Waals surface area contributed by atoms with Crippen LogP contribution in [-0.2, 0) is 9.59 Å². The molecule has 3 rings (SSSR count). The lowest BCUT2D eigenvalue weighted by Crippen LogP contribution is -2.31. The first-order chi connectivity index (χ1) is 10.1. The van der Waals surface area contributed by atoms with Gasteiger partial charge in [-0.1, -0.05) is 0 Å². The van der Waals surface area contributed by atoms with Crippen molar-refractivity contribution in [1.82, 2.24) is 9.88 Å². The molecule has 2 aromatic rings. The molecule has 0 spiro atoms. The second-order valence-corrected chi connectivity index (χ2v) is 4.77. The van der Waals surface area contributed by atoms with Crippen LogP contribution in [0.15, 0.2) is 42.2 Å². The quantitative estimate of drug-likeness (QED) is 0.818. The SMILES string of the molecule is CC(=O)N1CC(Nc2ccc(O)c3ncccc23)=CC1=O. The lowest BCUT2D eigenvalue weighted by atomic mass is 10.1. The highest BCUT2D eigenvalue weighted by Gasteiger charge is 2.25. The minimum atomic E-state index is -0.328. The number of phenols is 1. The van der Waals surface area contributed by atoms with Gasteiger partial charge >= 0.3 is 0 Å². The van der Waals surface area contributed by atoms with Gasteiger partial charge in [0.1, 0.15) is 11.3 Å². The number of carbonyl (C=O) groups excluding carboxylic acids is 2. The van der Waals surface area contributed by atoms with Crippen LogP contribution in [0, 0.1) is 0 Å². The Morgan fingerprint density at radius 1 is 1.38 bits per heavy atom. The van der Waals surface area contributed by atoms with Crippen LogP contribution in [0.1, 0.15) is 6.92 Å². The Balaban J connectivity index is 1.94. The lowest BCUT2D eigenvalue weighted by Gasteiger charge is -2.14. The number of anilines is 1. The number of nitrogens with zero attached hydrogens (tertiary/aromatic N) is 2. The van der Waals surface area contributed by atoms with Crippen molar-refractivity contribution in [3.8, 4) is 5.75 Å². The Kier molecular flexibility index (Phi) is 3.06. The minimum absolute atomic E-state index is 0.0954. The van der Waals surface area contributed by atoms with Crippen LogP contribution in [0.2, 0.25) is 0 Å². The second kappa shape index (κ2) is 4.90. The highest BCUT2D eigenvalue weighted by Crippen LogP contribution is 2.30. The van der Waals surface area contributed by atoms with E-state index in [1.807, 2.05) is 6.07 Å². The molecule has 6 nitrogen and oxygen atoms in total. The summed E-state index contributed by atoms with van der Waals surface area (Å²) in [6.07, 6.45) is 3.00. The largest absolute Gasteiger partial charge is 0.506 e. The summed E-state index contributed by atoms with van der Waals surface area (Å²) >= 11 is 0. The van der Waals surface area contributed by atoms with Gasteiger partial charge in [0.25, 0.3) is 5.91 Å². The van der Waals surface area contributed by atoms with Gasteiger partial charge in [0.2, 0.25) is 5.91 Å². The van der Waals surface area contributed by atoms with Gasteiger partial charge in [-0.25, -0.2) is 0 Å². The fourth-order valence-corrected chi connectivity index (χ4v) is 2.30. The number of imide groups is 1. The highest BCUT2D eigenvalue weighted by molar-refractivity contribution is 6.04. The summed E-state index contributed by atoms with van der Waals surface area (Å²) in [5.41, 5.74) is 1.84. The van der Waals surface area contributed by atoms with Crippen molar-refractivity contribution in [2.75, 3.05) is 11.9 Å². The van der Waals surface area contributed by atoms with E-state index in [2.05, 4.69) is 10.3 Å². The zero-order valence-corrected chi connectivity index (χ0v) is 11.3. The Hall–Kier alpha value is -2.89. The molecule has 0 fully saturated rings. The number of hydrogen-bond acceptors (Lipinski definition) is 5. The maximum atomic E-state index is 11.7. The Morgan fingerprint density at radius 2 is 2.19 bits per heavy atom. The number of hydrogen-bond donors (Lipinski definition) is 2. The molecule has 6 heteroatoms. The standard InChI is InChI=1S/C15H13N3O3/c1-9(19)18-8-10(7-14(18)21)17-12-4-5-13(20)15-11(12)3-2-6-16-15/h2-7,17,20H,8H2,1H3. The van der Waals surface area contributed by atoms with E-state index in [1.165, 1.54) is 19.1 Å². The average molecular weight is 283 g/mol. The third-order valence-electron chi connectivity index (χ3n) is 3.32. The van der Waals surface area contributed by atoms with Gasteiger partial charge in [0.15, 0.2) is 0 Å². The Bertz CT molecular complexity index is 783. The molecule has 2 amide bonds. The molecule has 1 aliphatic rings. The van der Waals surface area contributed by atoms with Crippen molar-refractivity contribution in [3.05, 3.63) is 42.2 Å². The summed E-state index contributed by atoms with van der Waals surface area (Å²) in [5, 5.41) is 13.7. The summed E-state index contributed by atoms with van der Waals surface area (Å²) < 4.78 is 0. The van der Waals surface area contributed by atoms with E-state index < -0.39 is 0 Å². The van der Waals surface area contributed by atoms with Gasteiger partial charge in [-0.05, 0) is 24.3 Å². The summed E-state index contributed by atoms with van der Waals surface area (Å²) in [6, 6.07) is 6.84. The highest BCUT2D eigenvalue weighted by atomic mass is 16.3. The number of pyridine rings is 1. The van der Waals surface area contributed by atoms with Crippen LogP contribution in [0.25, 0.3) is 10.9 Å². The summed E-state index contributed by atoms with van der Waals surface area (Å²) in [4.78, 5) is 28.3. The lowest BCUT2D eigenvalue weighted by molar-refractivity contribution is -0.138. The van der Waals surface area contributed by atoms with Crippen molar-refractivity contribution in [1.29, 1.82) is 0 Å². The van der Waals surface area contributed by atoms with Crippen molar-refractivity contribution in [3.63, 3.8) is 0 Å². The van der Waals surface area contributed by atoms with E-state index in [0.717, 1.165) is 16.0 Å². The predicted octanol–water partition coefficient (Wildman–Crippen LogP) is 1.62. The third-order valence-corrected chi connectivity index (χ3v) is 3.32. The molecule has 0 unspecified atom stereocenters. The predicted molar refractivity (Wildman–Crippen MR) is 77.5 cm³/mol. The Labute approximate surface area is 120 Å². The minimum Gasteiger partial charge on any atom is -0.506 e. The maximum Gasteiger partial charge on any atom is 0.255 e. The zero-order chi connectivity index (χ0) is 15.0. The molecule has 21 heavy (non-hydrogen) atoms. The topological polar surface area (TPSA) is 82.5 Å². The zero-order valence-electron chi connectivity index (χ0n) is 11.3. The van der Waals surface area contributed by atoms with E-state index in [-0.39, 0.29) is 24.1 Å². The fourth-order valence-electron chi connectivity index (χ4n) is 2.30. The van der Waals surface area contributed by atoms with Gasteiger partial charge in [0, 0.05) is 36.0 Å². The summed E-state index contributed by atoms with van der Waals surface area (Å²) in [5.74, 6) is -0.519. The second-order valence-electron chi connectivity index (χ2n) is 4.77. The van der Waals surface area contributed by atoms with E-state index >= 15 is 0 Å². The number of benzene rings is 1. The number of amides is 2. The van der Waals surface area contributed by atoms with Crippen LogP contribution in [-0.4, -0.2) is 33.3 Å². The molecule has 2 heterocycles. The van der Waals surface area contributed by atoms with Crippen molar-refractivity contribution in [2.24, 2.45) is 0 Å². The van der Waals surface area contributed by atoms with E-state index in [1.54, 1.807) is 18.3 Å². The number of aromatic hydroxyl groups is 1. The molecule has 0 radical (unpaired) electrons. The van der Waals surface area contributed by atoms with Crippen molar-refractivity contribution in [2.45, 2.75) is 6.92 Å².